The number of nitrogens with two attached hydrogens (primary N) is 1. The van der Waals surface area contributed by atoms with E-state index in [0.717, 1.165) is 10.7 Å². The summed E-state index contributed by atoms with van der Waals surface area (Å²) in [7, 11) is 0. The Morgan fingerprint density at radius 2 is 1.86 bits per heavy atom. The molecule has 0 aliphatic rings. The number of nitrogens with zero attached hydrogens (tertiary/aromatic N) is 4. The molecule has 0 bridgehead atoms. The van der Waals surface area contributed by atoms with Crippen molar-refractivity contribution in [2.24, 2.45) is 0 Å². The van der Waals surface area contributed by atoms with Gasteiger partial charge in [0.25, 0.3) is 0 Å². The number of nitrogen functional groups attached to an aromatic ring is 1. The quantitative estimate of drug-likeness (QED) is 0.720. The van der Waals surface area contributed by atoms with Crippen molar-refractivity contribution in [2.75, 3.05) is 5.73 Å². The van der Waals surface area contributed by atoms with E-state index in [1.54, 1.807) is 18.2 Å². The molecule has 21 heavy (non-hydrogen) atoms. The highest BCUT2D eigenvalue weighted by Gasteiger charge is 2.18. The highest BCUT2D eigenvalue weighted by molar-refractivity contribution is 9.10. The van der Waals surface area contributed by atoms with Gasteiger partial charge in [-0.2, -0.15) is 4.68 Å². The third kappa shape index (κ3) is 2.27. The first-order chi connectivity index (χ1) is 10.1. The average Bonchev–Trinajstić information content (AvgIpc) is 2.94. The molecule has 5 nitrogen and oxygen atoms in total. The van der Waals surface area contributed by atoms with Gasteiger partial charge in [-0.3, -0.25) is 0 Å². The minimum atomic E-state index is -1.02. The molecule has 3 rings (SSSR count). The van der Waals surface area contributed by atoms with E-state index in [4.69, 9.17) is 5.73 Å². The number of hydrogen-bond acceptors (Lipinski definition) is 4. The molecule has 0 atom stereocenters. The number of tetrazole rings is 1. The van der Waals surface area contributed by atoms with Crippen LogP contribution in [-0.2, 0) is 0 Å². The van der Waals surface area contributed by atoms with Gasteiger partial charge in [-0.15, -0.1) is 5.10 Å². The standard InChI is InChI=1S/C13H8BrF2N5/c14-11-7(3-1-5-9(11)17)13-18-19-20-21(13)10-6-2-4-8(15)12(10)16/h1-6H,17H2. The predicted molar refractivity (Wildman–Crippen MR) is 76.6 cm³/mol. The summed E-state index contributed by atoms with van der Waals surface area (Å²) in [4.78, 5) is 0. The lowest BCUT2D eigenvalue weighted by molar-refractivity contribution is 0.501. The lowest BCUT2D eigenvalue weighted by atomic mass is 10.2. The van der Waals surface area contributed by atoms with Crippen molar-refractivity contribution in [3.8, 4) is 17.1 Å². The number of aromatic nitrogens is 4. The monoisotopic (exact) mass is 351 g/mol. The van der Waals surface area contributed by atoms with Crippen LogP contribution >= 0.6 is 15.9 Å². The maximum absolute atomic E-state index is 13.9. The largest absolute Gasteiger partial charge is 0.398 e. The van der Waals surface area contributed by atoms with Crippen LogP contribution in [0.4, 0.5) is 14.5 Å². The van der Waals surface area contributed by atoms with Gasteiger partial charge in [0.2, 0.25) is 0 Å². The molecule has 1 aromatic heterocycles. The molecule has 0 amide bonds. The third-order valence-electron chi connectivity index (χ3n) is 2.90. The molecule has 3 aromatic rings. The molecule has 0 aliphatic heterocycles. The van der Waals surface area contributed by atoms with Gasteiger partial charge in [0, 0.05) is 11.3 Å². The van der Waals surface area contributed by atoms with Crippen molar-refractivity contribution in [3.05, 3.63) is 52.5 Å². The van der Waals surface area contributed by atoms with Crippen molar-refractivity contribution >= 4 is 21.6 Å². The van der Waals surface area contributed by atoms with E-state index in [2.05, 4.69) is 31.5 Å². The Kier molecular flexibility index (Phi) is 3.38. The van der Waals surface area contributed by atoms with Crippen LogP contribution in [0.3, 0.4) is 0 Å². The summed E-state index contributed by atoms with van der Waals surface area (Å²) >= 11 is 3.34. The second-order valence-electron chi connectivity index (χ2n) is 4.20. The highest BCUT2D eigenvalue weighted by Crippen LogP contribution is 2.32. The Morgan fingerprint density at radius 1 is 1.10 bits per heavy atom. The van der Waals surface area contributed by atoms with E-state index in [1.165, 1.54) is 12.1 Å². The van der Waals surface area contributed by atoms with Crippen LogP contribution in [0.2, 0.25) is 0 Å². The van der Waals surface area contributed by atoms with Gasteiger partial charge in [-0.05, 0) is 50.6 Å². The van der Waals surface area contributed by atoms with E-state index in [9.17, 15) is 8.78 Å². The SMILES string of the molecule is Nc1cccc(-c2nnnn2-c2cccc(F)c2F)c1Br. The van der Waals surface area contributed by atoms with Crippen LogP contribution < -0.4 is 5.73 Å². The van der Waals surface area contributed by atoms with Crippen LogP contribution in [0.1, 0.15) is 0 Å². The number of benzene rings is 2. The smallest absolute Gasteiger partial charge is 0.188 e. The van der Waals surface area contributed by atoms with Crippen LogP contribution in [0, 0.1) is 11.6 Å². The number of halogens is 3. The summed E-state index contributed by atoms with van der Waals surface area (Å²) in [6.07, 6.45) is 0. The fourth-order valence-corrected chi connectivity index (χ4v) is 2.34. The minimum absolute atomic E-state index is 0.0793. The minimum Gasteiger partial charge on any atom is -0.398 e. The van der Waals surface area contributed by atoms with Gasteiger partial charge in [-0.25, -0.2) is 8.78 Å². The Labute approximate surface area is 126 Å². The molecule has 2 N–H and O–H groups in total. The van der Waals surface area contributed by atoms with Crippen molar-refractivity contribution in [1.82, 2.24) is 20.2 Å². The Bertz CT molecular complexity index is 752. The molecular weight excluding hydrogens is 344 g/mol. The molecule has 0 fully saturated rings. The maximum Gasteiger partial charge on any atom is 0.188 e. The molecule has 0 saturated carbocycles. The Morgan fingerprint density at radius 3 is 2.67 bits per heavy atom. The molecule has 0 spiro atoms. The van der Waals surface area contributed by atoms with E-state index in [-0.39, 0.29) is 11.5 Å². The first-order valence-corrected chi connectivity index (χ1v) is 6.66. The Balaban J connectivity index is 2.22. The molecule has 8 heteroatoms. The Hall–Kier alpha value is -2.35. The molecule has 106 valence electrons. The van der Waals surface area contributed by atoms with E-state index >= 15 is 0 Å². The molecular formula is C13H8BrF2N5. The van der Waals surface area contributed by atoms with Gasteiger partial charge >= 0.3 is 0 Å². The lowest BCUT2D eigenvalue weighted by Gasteiger charge is -2.08. The molecule has 0 aliphatic carbocycles. The average molecular weight is 352 g/mol. The van der Waals surface area contributed by atoms with E-state index in [0.29, 0.717) is 15.7 Å². The summed E-state index contributed by atoms with van der Waals surface area (Å²) in [5.41, 5.74) is 6.79. The van der Waals surface area contributed by atoms with Crippen molar-refractivity contribution in [1.29, 1.82) is 0 Å². The van der Waals surface area contributed by atoms with Crippen LogP contribution in [0.15, 0.2) is 40.9 Å². The summed E-state index contributed by atoms with van der Waals surface area (Å²) in [6.45, 7) is 0. The fraction of sp³-hybridized carbons (Fsp3) is 0. The van der Waals surface area contributed by atoms with Gasteiger partial charge < -0.3 is 5.73 Å². The van der Waals surface area contributed by atoms with E-state index < -0.39 is 11.6 Å². The van der Waals surface area contributed by atoms with Crippen molar-refractivity contribution in [3.63, 3.8) is 0 Å². The fourth-order valence-electron chi connectivity index (χ4n) is 1.90. The summed E-state index contributed by atoms with van der Waals surface area (Å²) in [5, 5.41) is 11.1. The molecule has 0 saturated heterocycles. The zero-order chi connectivity index (χ0) is 15.0. The summed E-state index contributed by atoms with van der Waals surface area (Å²) in [5.74, 6) is -1.75. The molecule has 1 heterocycles. The summed E-state index contributed by atoms with van der Waals surface area (Å²) < 4.78 is 29.0. The highest BCUT2D eigenvalue weighted by atomic mass is 79.9. The second-order valence-corrected chi connectivity index (χ2v) is 4.99. The summed E-state index contributed by atoms with van der Waals surface area (Å²) in [6, 6.07) is 8.94. The number of anilines is 1. The van der Waals surface area contributed by atoms with E-state index in [1.807, 2.05) is 0 Å². The third-order valence-corrected chi connectivity index (χ3v) is 3.78. The van der Waals surface area contributed by atoms with Crippen molar-refractivity contribution in [2.45, 2.75) is 0 Å². The number of hydrogen-bond donors (Lipinski definition) is 1. The van der Waals surface area contributed by atoms with Crippen LogP contribution in [-0.4, -0.2) is 20.2 Å². The first kappa shape index (κ1) is 13.6. The first-order valence-electron chi connectivity index (χ1n) is 5.86. The van der Waals surface area contributed by atoms with Gasteiger partial charge in [0.05, 0.1) is 4.47 Å². The zero-order valence-electron chi connectivity index (χ0n) is 10.5. The van der Waals surface area contributed by atoms with Gasteiger partial charge in [0.15, 0.2) is 17.5 Å². The molecule has 0 unspecified atom stereocenters. The van der Waals surface area contributed by atoms with Crippen molar-refractivity contribution < 1.29 is 8.78 Å². The zero-order valence-corrected chi connectivity index (χ0v) is 12.1. The molecule has 2 aromatic carbocycles. The number of rotatable bonds is 2. The van der Waals surface area contributed by atoms with Crippen LogP contribution in [0.25, 0.3) is 17.1 Å². The topological polar surface area (TPSA) is 69.6 Å². The van der Waals surface area contributed by atoms with Crippen LogP contribution in [0.5, 0.6) is 0 Å². The van der Waals surface area contributed by atoms with Gasteiger partial charge in [0.1, 0.15) is 5.69 Å². The normalized spacial score (nSPS) is 10.8. The molecule has 0 radical (unpaired) electrons. The maximum atomic E-state index is 13.9. The van der Waals surface area contributed by atoms with Gasteiger partial charge in [-0.1, -0.05) is 12.1 Å². The lowest BCUT2D eigenvalue weighted by Crippen LogP contribution is -2.04. The second kappa shape index (κ2) is 5.21. The predicted octanol–water partition coefficient (Wildman–Crippen LogP) is 2.95.